The normalized spacial score (nSPS) is 10.6. The van der Waals surface area contributed by atoms with Crippen molar-refractivity contribution in [3.05, 3.63) is 46.7 Å². The van der Waals surface area contributed by atoms with Crippen LogP contribution in [-0.4, -0.2) is 46.1 Å². The van der Waals surface area contributed by atoms with Crippen LogP contribution in [-0.2, 0) is 4.79 Å². The highest BCUT2D eigenvalue weighted by Crippen LogP contribution is 2.17. The van der Waals surface area contributed by atoms with Crippen molar-refractivity contribution >= 4 is 23.4 Å². The molecule has 0 fully saturated rings. The van der Waals surface area contributed by atoms with Gasteiger partial charge in [-0.15, -0.1) is 0 Å². The zero-order valence-electron chi connectivity index (χ0n) is 15.5. The number of nitrogens with one attached hydrogen (secondary N) is 1. The topological polar surface area (TPSA) is 67.2 Å². The first-order chi connectivity index (χ1) is 12.5. The molecule has 6 nitrogen and oxygen atoms in total. The number of hydrogen-bond donors (Lipinski definition) is 1. The fourth-order valence-electron chi connectivity index (χ4n) is 2.77. The first kappa shape index (κ1) is 20.0. The van der Waals surface area contributed by atoms with Gasteiger partial charge in [-0.1, -0.05) is 17.7 Å². The molecule has 2 rings (SSSR count). The second kappa shape index (κ2) is 9.38. The van der Waals surface area contributed by atoms with Gasteiger partial charge in [0.2, 0.25) is 5.91 Å². The van der Waals surface area contributed by atoms with Gasteiger partial charge < -0.3 is 10.2 Å². The molecule has 1 aromatic heterocycles. The van der Waals surface area contributed by atoms with Crippen LogP contribution in [0.1, 0.15) is 42.7 Å². The van der Waals surface area contributed by atoms with Crippen molar-refractivity contribution in [2.45, 2.75) is 33.6 Å². The Hall–Kier alpha value is -2.34. The molecular formula is C19H25ClN4O2. The Morgan fingerprint density at radius 3 is 2.65 bits per heavy atom. The molecule has 0 saturated carbocycles. The Balaban J connectivity index is 1.92. The average Bonchev–Trinajstić information content (AvgIpc) is 3.01. The SMILES string of the molecule is CCN(CC)C(=O)CCCNC(=O)c1cnn(-c2cccc(Cl)c2)c1C. The lowest BCUT2D eigenvalue weighted by Crippen LogP contribution is -2.31. The van der Waals surface area contributed by atoms with Crippen LogP contribution in [0.2, 0.25) is 5.02 Å². The van der Waals surface area contributed by atoms with Crippen LogP contribution in [0.15, 0.2) is 30.5 Å². The smallest absolute Gasteiger partial charge is 0.254 e. The highest BCUT2D eigenvalue weighted by Gasteiger charge is 2.15. The quantitative estimate of drug-likeness (QED) is 0.719. The molecule has 1 aromatic carbocycles. The summed E-state index contributed by atoms with van der Waals surface area (Å²) in [6.45, 7) is 7.64. The molecule has 7 heteroatoms. The Morgan fingerprint density at radius 2 is 2.00 bits per heavy atom. The molecule has 0 bridgehead atoms. The van der Waals surface area contributed by atoms with Crippen LogP contribution in [0.3, 0.4) is 0 Å². The Bertz CT molecular complexity index is 769. The van der Waals surface area contributed by atoms with Crippen molar-refractivity contribution < 1.29 is 9.59 Å². The van der Waals surface area contributed by atoms with Gasteiger partial charge in [0, 0.05) is 31.1 Å². The number of nitrogens with zero attached hydrogens (tertiary/aromatic N) is 3. The minimum Gasteiger partial charge on any atom is -0.352 e. The summed E-state index contributed by atoms with van der Waals surface area (Å²) in [6, 6.07) is 7.30. The molecule has 0 aliphatic heterocycles. The van der Waals surface area contributed by atoms with Crippen LogP contribution in [0.4, 0.5) is 0 Å². The fraction of sp³-hybridized carbons (Fsp3) is 0.421. The predicted octanol–water partition coefficient (Wildman–Crippen LogP) is 3.21. The molecule has 140 valence electrons. The van der Waals surface area contributed by atoms with Crippen molar-refractivity contribution in [2.75, 3.05) is 19.6 Å². The molecule has 0 spiro atoms. The molecular weight excluding hydrogens is 352 g/mol. The summed E-state index contributed by atoms with van der Waals surface area (Å²) >= 11 is 6.02. The third kappa shape index (κ3) is 4.85. The average molecular weight is 377 g/mol. The van der Waals surface area contributed by atoms with Gasteiger partial charge in [-0.05, 0) is 45.4 Å². The molecule has 0 saturated heterocycles. The summed E-state index contributed by atoms with van der Waals surface area (Å²) in [4.78, 5) is 26.1. The highest BCUT2D eigenvalue weighted by molar-refractivity contribution is 6.30. The first-order valence-electron chi connectivity index (χ1n) is 8.84. The number of carbonyl (C=O) groups excluding carboxylic acids is 2. The van der Waals surface area contributed by atoms with Crippen LogP contribution in [0.5, 0.6) is 0 Å². The Labute approximate surface area is 159 Å². The van der Waals surface area contributed by atoms with Gasteiger partial charge in [0.25, 0.3) is 5.91 Å². The van der Waals surface area contributed by atoms with E-state index in [9.17, 15) is 9.59 Å². The van der Waals surface area contributed by atoms with Crippen LogP contribution in [0.25, 0.3) is 5.69 Å². The van der Waals surface area contributed by atoms with E-state index in [-0.39, 0.29) is 11.8 Å². The maximum absolute atomic E-state index is 12.4. The van der Waals surface area contributed by atoms with Crippen molar-refractivity contribution in [3.63, 3.8) is 0 Å². The van der Waals surface area contributed by atoms with Gasteiger partial charge in [0.1, 0.15) is 0 Å². The molecule has 2 aromatic rings. The summed E-state index contributed by atoms with van der Waals surface area (Å²) in [5.74, 6) is -0.0692. The molecule has 1 heterocycles. The molecule has 0 aliphatic carbocycles. The zero-order valence-corrected chi connectivity index (χ0v) is 16.2. The van der Waals surface area contributed by atoms with Crippen LogP contribution >= 0.6 is 11.6 Å². The van der Waals surface area contributed by atoms with E-state index in [2.05, 4.69) is 10.4 Å². The van der Waals surface area contributed by atoms with Gasteiger partial charge >= 0.3 is 0 Å². The maximum Gasteiger partial charge on any atom is 0.254 e. The van der Waals surface area contributed by atoms with Gasteiger partial charge in [-0.3, -0.25) is 9.59 Å². The van der Waals surface area contributed by atoms with Crippen molar-refractivity contribution in [1.29, 1.82) is 0 Å². The molecule has 0 radical (unpaired) electrons. The minimum absolute atomic E-state index is 0.120. The van der Waals surface area contributed by atoms with Gasteiger partial charge in [0.15, 0.2) is 0 Å². The summed E-state index contributed by atoms with van der Waals surface area (Å²) in [5.41, 5.74) is 2.06. The van der Waals surface area contributed by atoms with E-state index < -0.39 is 0 Å². The standard InChI is InChI=1S/C19H25ClN4O2/c1-4-23(5-2)18(25)10-7-11-21-19(26)17-13-22-24(14(17)3)16-9-6-8-15(20)12-16/h6,8-9,12-13H,4-5,7,10-11H2,1-3H3,(H,21,26). The summed E-state index contributed by atoms with van der Waals surface area (Å²) in [7, 11) is 0. The van der Waals surface area contributed by atoms with E-state index in [4.69, 9.17) is 11.6 Å². The van der Waals surface area contributed by atoms with E-state index in [0.29, 0.717) is 43.1 Å². The van der Waals surface area contributed by atoms with E-state index in [0.717, 1.165) is 11.4 Å². The number of carbonyl (C=O) groups is 2. The maximum atomic E-state index is 12.4. The second-order valence-corrected chi connectivity index (χ2v) is 6.40. The molecule has 0 atom stereocenters. The molecule has 0 aliphatic rings. The Morgan fingerprint density at radius 1 is 1.27 bits per heavy atom. The molecule has 0 unspecified atom stereocenters. The third-order valence-corrected chi connectivity index (χ3v) is 4.51. The summed E-state index contributed by atoms with van der Waals surface area (Å²) in [6.07, 6.45) is 2.60. The third-order valence-electron chi connectivity index (χ3n) is 4.28. The fourth-order valence-corrected chi connectivity index (χ4v) is 2.96. The number of rotatable bonds is 8. The summed E-state index contributed by atoms with van der Waals surface area (Å²) in [5, 5.41) is 7.76. The van der Waals surface area contributed by atoms with E-state index in [1.54, 1.807) is 27.9 Å². The number of halogens is 1. The number of aromatic nitrogens is 2. The largest absolute Gasteiger partial charge is 0.352 e. The lowest BCUT2D eigenvalue weighted by molar-refractivity contribution is -0.130. The first-order valence-corrected chi connectivity index (χ1v) is 9.22. The highest BCUT2D eigenvalue weighted by atomic mass is 35.5. The lowest BCUT2D eigenvalue weighted by atomic mass is 10.2. The predicted molar refractivity (Wildman–Crippen MR) is 103 cm³/mol. The lowest BCUT2D eigenvalue weighted by Gasteiger charge is -2.18. The molecule has 26 heavy (non-hydrogen) atoms. The molecule has 2 amide bonds. The van der Waals surface area contributed by atoms with Crippen molar-refractivity contribution in [3.8, 4) is 5.69 Å². The number of amides is 2. The van der Waals surface area contributed by atoms with Gasteiger partial charge in [0.05, 0.1) is 23.1 Å². The summed E-state index contributed by atoms with van der Waals surface area (Å²) < 4.78 is 1.69. The number of benzene rings is 1. The van der Waals surface area contributed by atoms with E-state index in [1.165, 1.54) is 0 Å². The second-order valence-electron chi connectivity index (χ2n) is 5.96. The molecule has 1 N–H and O–H groups in total. The van der Waals surface area contributed by atoms with Crippen LogP contribution < -0.4 is 5.32 Å². The van der Waals surface area contributed by atoms with Gasteiger partial charge in [-0.2, -0.15) is 5.10 Å². The van der Waals surface area contributed by atoms with E-state index in [1.807, 2.05) is 32.9 Å². The monoisotopic (exact) mass is 376 g/mol. The van der Waals surface area contributed by atoms with Crippen molar-refractivity contribution in [1.82, 2.24) is 20.0 Å². The van der Waals surface area contributed by atoms with Crippen LogP contribution in [0, 0.1) is 6.92 Å². The van der Waals surface area contributed by atoms with Crippen molar-refractivity contribution in [2.24, 2.45) is 0 Å². The Kier molecular flexibility index (Phi) is 7.21. The number of hydrogen-bond acceptors (Lipinski definition) is 3. The zero-order chi connectivity index (χ0) is 19.1. The van der Waals surface area contributed by atoms with E-state index >= 15 is 0 Å². The minimum atomic E-state index is -0.189. The van der Waals surface area contributed by atoms with Gasteiger partial charge in [-0.25, -0.2) is 4.68 Å².